The number of likely N-dealkylation sites (N-methyl/N-ethyl adjacent to an activating group) is 1. The van der Waals surface area contributed by atoms with E-state index in [1.165, 1.54) is 31.6 Å². The van der Waals surface area contributed by atoms with Crippen LogP contribution in [0, 0.1) is 0 Å². The summed E-state index contributed by atoms with van der Waals surface area (Å²) in [7, 11) is -2.42. The number of aromatic amines is 1. The summed E-state index contributed by atoms with van der Waals surface area (Å²) < 4.78 is 26.1. The van der Waals surface area contributed by atoms with Gasteiger partial charge in [-0.1, -0.05) is 37.3 Å². The van der Waals surface area contributed by atoms with Crippen molar-refractivity contribution in [2.45, 2.75) is 24.3 Å². The second-order valence-electron chi connectivity index (χ2n) is 6.53. The molecule has 9 heteroatoms. The zero-order chi connectivity index (χ0) is 20.9. The van der Waals surface area contributed by atoms with Crippen molar-refractivity contribution in [2.75, 3.05) is 13.6 Å². The number of sulfonamides is 1. The fourth-order valence-corrected chi connectivity index (χ4v) is 3.94. The number of hydrogen-bond acceptors (Lipinski definition) is 5. The lowest BCUT2D eigenvalue weighted by Crippen LogP contribution is -2.40. The van der Waals surface area contributed by atoms with Crippen molar-refractivity contribution in [1.82, 2.24) is 24.6 Å². The molecule has 0 radical (unpaired) electrons. The van der Waals surface area contributed by atoms with Crippen LogP contribution in [0.15, 0.2) is 66.0 Å². The minimum absolute atomic E-state index is 0.0425. The van der Waals surface area contributed by atoms with Gasteiger partial charge in [0.2, 0.25) is 15.9 Å². The van der Waals surface area contributed by atoms with Gasteiger partial charge in [0.15, 0.2) is 0 Å². The van der Waals surface area contributed by atoms with E-state index in [9.17, 15) is 13.2 Å². The van der Waals surface area contributed by atoms with Crippen LogP contribution in [0.2, 0.25) is 0 Å². The molecule has 1 atom stereocenters. The van der Waals surface area contributed by atoms with Crippen LogP contribution >= 0.6 is 0 Å². The lowest BCUT2D eigenvalue weighted by Gasteiger charge is -2.19. The van der Waals surface area contributed by atoms with Gasteiger partial charge in [-0.25, -0.2) is 13.4 Å². The topological polar surface area (TPSA) is 108 Å². The number of aromatic nitrogens is 3. The van der Waals surface area contributed by atoms with Crippen LogP contribution in [0.1, 0.15) is 25.2 Å². The van der Waals surface area contributed by atoms with Gasteiger partial charge < -0.3 is 10.3 Å². The number of nitrogens with one attached hydrogen (secondary N) is 2. The summed E-state index contributed by atoms with van der Waals surface area (Å²) >= 11 is 0. The second kappa shape index (κ2) is 8.97. The smallest absolute Gasteiger partial charge is 0.244 e. The molecular formula is C20H23N5O3S. The first kappa shape index (κ1) is 20.7. The van der Waals surface area contributed by atoms with Crippen molar-refractivity contribution in [1.29, 1.82) is 0 Å². The lowest BCUT2D eigenvalue weighted by molar-refractivity contribution is -0.122. The number of pyridine rings is 1. The minimum Gasteiger partial charge on any atom is -0.345 e. The molecule has 2 aromatic heterocycles. The Morgan fingerprint density at radius 2 is 1.93 bits per heavy atom. The molecule has 2 N–H and O–H groups in total. The summed E-state index contributed by atoms with van der Waals surface area (Å²) in [6, 6.07) is 12.4. The van der Waals surface area contributed by atoms with E-state index in [4.69, 9.17) is 0 Å². The molecule has 0 aliphatic heterocycles. The number of hydrogen-bond donors (Lipinski definition) is 2. The van der Waals surface area contributed by atoms with Gasteiger partial charge in [-0.2, -0.15) is 4.31 Å². The summed E-state index contributed by atoms with van der Waals surface area (Å²) in [5.41, 5.74) is 1.85. The van der Waals surface area contributed by atoms with Gasteiger partial charge in [-0.15, -0.1) is 0 Å². The lowest BCUT2D eigenvalue weighted by atomic mass is 10.2. The molecule has 3 aromatic rings. The summed E-state index contributed by atoms with van der Waals surface area (Å²) in [5.74, 6) is 0.210. The van der Waals surface area contributed by atoms with Crippen molar-refractivity contribution < 1.29 is 13.2 Å². The average Bonchev–Trinajstić information content (AvgIpc) is 3.23. The molecule has 0 aliphatic carbocycles. The first-order valence-electron chi connectivity index (χ1n) is 9.18. The third-order valence-electron chi connectivity index (χ3n) is 4.46. The quantitative estimate of drug-likeness (QED) is 0.589. The Morgan fingerprint density at radius 1 is 1.17 bits per heavy atom. The van der Waals surface area contributed by atoms with Crippen molar-refractivity contribution in [3.63, 3.8) is 0 Å². The maximum atomic E-state index is 12.5. The molecule has 3 rings (SSSR count). The second-order valence-corrected chi connectivity index (χ2v) is 8.57. The Hall–Kier alpha value is -3.04. The molecule has 1 amide bonds. The number of nitrogens with zero attached hydrogens (tertiary/aromatic N) is 3. The van der Waals surface area contributed by atoms with Crippen LogP contribution in [0.5, 0.6) is 0 Å². The summed E-state index contributed by atoms with van der Waals surface area (Å²) in [4.78, 5) is 24.0. The number of imidazole rings is 1. The zero-order valence-electron chi connectivity index (χ0n) is 16.2. The molecule has 0 spiro atoms. The molecule has 0 saturated heterocycles. The highest BCUT2D eigenvalue weighted by atomic mass is 32.2. The molecule has 29 heavy (non-hydrogen) atoms. The number of benzene rings is 1. The maximum absolute atomic E-state index is 12.5. The van der Waals surface area contributed by atoms with Crippen molar-refractivity contribution >= 4 is 15.9 Å². The molecule has 0 aliphatic rings. The van der Waals surface area contributed by atoms with Gasteiger partial charge in [0.1, 0.15) is 10.7 Å². The molecule has 2 heterocycles. The van der Waals surface area contributed by atoms with E-state index in [0.29, 0.717) is 12.2 Å². The number of carbonyl (C=O) groups excluding carboxylic acids is 1. The number of rotatable bonds is 8. The summed E-state index contributed by atoms with van der Waals surface area (Å²) in [5, 5.41) is 2.85. The van der Waals surface area contributed by atoms with E-state index in [-0.39, 0.29) is 17.5 Å². The first-order chi connectivity index (χ1) is 13.9. The molecule has 1 aromatic carbocycles. The van der Waals surface area contributed by atoms with Gasteiger partial charge in [0.05, 0.1) is 24.5 Å². The number of H-pyrrole nitrogens is 1. The van der Waals surface area contributed by atoms with Gasteiger partial charge in [-0.05, 0) is 24.1 Å². The fraction of sp³-hybridized carbons (Fsp3) is 0.250. The molecule has 1 unspecified atom stereocenters. The van der Waals surface area contributed by atoms with E-state index in [2.05, 4.69) is 20.3 Å². The van der Waals surface area contributed by atoms with Crippen LogP contribution < -0.4 is 5.32 Å². The number of carbonyl (C=O) groups is 1. The molecule has 0 fully saturated rings. The molecular weight excluding hydrogens is 390 g/mol. The SMILES string of the molecule is CCC(NC(=O)CN(C)S(=O)(=O)c1cccnc1)c1ncc(-c2ccccc2)[nH]1. The van der Waals surface area contributed by atoms with Crippen LogP contribution in [0.25, 0.3) is 11.3 Å². The first-order valence-corrected chi connectivity index (χ1v) is 10.6. The highest BCUT2D eigenvalue weighted by Crippen LogP contribution is 2.20. The largest absolute Gasteiger partial charge is 0.345 e. The van der Waals surface area contributed by atoms with E-state index in [1.807, 2.05) is 37.3 Å². The number of amides is 1. The van der Waals surface area contributed by atoms with Crippen molar-refractivity contribution in [2.24, 2.45) is 0 Å². The Bertz CT molecular complexity index is 1050. The van der Waals surface area contributed by atoms with Crippen molar-refractivity contribution in [3.8, 4) is 11.3 Å². The van der Waals surface area contributed by atoms with Crippen LogP contribution in [-0.2, 0) is 14.8 Å². The third kappa shape index (κ3) is 4.87. The van der Waals surface area contributed by atoms with Gasteiger partial charge in [-0.3, -0.25) is 9.78 Å². The normalized spacial score (nSPS) is 12.7. The predicted molar refractivity (Wildman–Crippen MR) is 109 cm³/mol. The van der Waals surface area contributed by atoms with E-state index in [0.717, 1.165) is 15.6 Å². The molecule has 0 bridgehead atoms. The average molecular weight is 414 g/mol. The highest BCUT2D eigenvalue weighted by molar-refractivity contribution is 7.89. The van der Waals surface area contributed by atoms with Crippen LogP contribution in [-0.4, -0.2) is 47.2 Å². The molecule has 152 valence electrons. The zero-order valence-corrected chi connectivity index (χ0v) is 17.1. The predicted octanol–water partition coefficient (Wildman–Crippen LogP) is 2.36. The van der Waals surface area contributed by atoms with Crippen molar-refractivity contribution in [3.05, 3.63) is 66.9 Å². The Balaban J connectivity index is 1.67. The Morgan fingerprint density at radius 3 is 2.59 bits per heavy atom. The molecule has 8 nitrogen and oxygen atoms in total. The van der Waals surface area contributed by atoms with E-state index >= 15 is 0 Å². The van der Waals surface area contributed by atoms with Gasteiger partial charge >= 0.3 is 0 Å². The van der Waals surface area contributed by atoms with Gasteiger partial charge in [0, 0.05) is 19.4 Å². The summed E-state index contributed by atoms with van der Waals surface area (Å²) in [6.07, 6.45) is 5.07. The highest BCUT2D eigenvalue weighted by Gasteiger charge is 2.24. The molecule has 0 saturated carbocycles. The monoisotopic (exact) mass is 413 g/mol. The summed E-state index contributed by atoms with van der Waals surface area (Å²) in [6.45, 7) is 1.62. The maximum Gasteiger partial charge on any atom is 0.244 e. The van der Waals surface area contributed by atoms with E-state index < -0.39 is 15.9 Å². The third-order valence-corrected chi connectivity index (χ3v) is 6.25. The van der Waals surface area contributed by atoms with Crippen LogP contribution in [0.3, 0.4) is 0 Å². The standard InChI is InChI=1S/C20H23N5O3S/c1-3-17(20-22-13-18(24-20)15-8-5-4-6-9-15)23-19(26)14-25(2)29(27,28)16-10-7-11-21-12-16/h4-13,17H,3,14H2,1-2H3,(H,22,24)(H,23,26). The van der Waals surface area contributed by atoms with E-state index in [1.54, 1.807) is 6.20 Å². The Labute approximate surface area is 170 Å². The van der Waals surface area contributed by atoms with Crippen LogP contribution in [0.4, 0.5) is 0 Å². The minimum atomic E-state index is -3.79. The Kier molecular flexibility index (Phi) is 6.40. The van der Waals surface area contributed by atoms with Gasteiger partial charge in [0.25, 0.3) is 0 Å². The fourth-order valence-electron chi connectivity index (χ4n) is 2.85.